The lowest BCUT2D eigenvalue weighted by atomic mass is 9.83. The fourth-order valence-corrected chi connectivity index (χ4v) is 3.57. The van der Waals surface area contributed by atoms with Crippen molar-refractivity contribution in [3.8, 4) is 0 Å². The van der Waals surface area contributed by atoms with Crippen LogP contribution in [0.25, 0.3) is 0 Å². The van der Waals surface area contributed by atoms with E-state index in [1.165, 1.54) is 38.5 Å². The molecule has 0 aromatic carbocycles. The second kappa shape index (κ2) is 6.17. The summed E-state index contributed by atoms with van der Waals surface area (Å²) in [7, 11) is 2.17. The minimum absolute atomic E-state index is 0.117. The number of likely N-dealkylation sites (N-methyl/N-ethyl adjacent to an activating group) is 1. The van der Waals surface area contributed by atoms with E-state index in [0.29, 0.717) is 18.0 Å². The average Bonchev–Trinajstić information content (AvgIpc) is 2.32. The highest BCUT2D eigenvalue weighted by Gasteiger charge is 2.30. The zero-order valence-corrected chi connectivity index (χ0v) is 11.1. The van der Waals surface area contributed by atoms with E-state index >= 15 is 0 Å². The van der Waals surface area contributed by atoms with Crippen LogP contribution >= 0.6 is 0 Å². The topological polar surface area (TPSA) is 49.5 Å². The molecule has 2 fully saturated rings. The molecule has 0 aliphatic heterocycles. The Balaban J connectivity index is 1.84. The van der Waals surface area contributed by atoms with Crippen LogP contribution in [-0.4, -0.2) is 41.8 Å². The first kappa shape index (κ1) is 13.3. The Bertz CT molecular complexity index is 234. The van der Waals surface area contributed by atoms with Crippen LogP contribution in [0.2, 0.25) is 0 Å². The second-order valence-electron chi connectivity index (χ2n) is 6.07. The molecule has 0 saturated heterocycles. The molecule has 0 bridgehead atoms. The van der Waals surface area contributed by atoms with Gasteiger partial charge in [-0.3, -0.25) is 0 Å². The molecule has 0 amide bonds. The molecular formula is C14H28N2O. The van der Waals surface area contributed by atoms with E-state index in [1.807, 2.05) is 0 Å². The maximum Gasteiger partial charge on any atom is 0.0695 e. The highest BCUT2D eigenvalue weighted by molar-refractivity contribution is 4.86. The molecule has 100 valence electrons. The predicted octanol–water partition coefficient (Wildman–Crippen LogP) is 1.74. The summed E-state index contributed by atoms with van der Waals surface area (Å²) in [5.41, 5.74) is 6.20. The average molecular weight is 240 g/mol. The van der Waals surface area contributed by atoms with Crippen molar-refractivity contribution in [3.05, 3.63) is 0 Å². The van der Waals surface area contributed by atoms with Crippen molar-refractivity contribution < 1.29 is 5.11 Å². The molecule has 2 aliphatic rings. The van der Waals surface area contributed by atoms with Gasteiger partial charge in [-0.15, -0.1) is 0 Å². The molecule has 2 saturated carbocycles. The summed E-state index contributed by atoms with van der Waals surface area (Å²) in [6, 6.07) is 0.754. The third kappa shape index (κ3) is 3.43. The molecule has 0 radical (unpaired) electrons. The number of rotatable bonds is 3. The van der Waals surface area contributed by atoms with Crippen LogP contribution in [0.15, 0.2) is 0 Å². The van der Waals surface area contributed by atoms with Crippen LogP contribution in [0.5, 0.6) is 0 Å². The van der Waals surface area contributed by atoms with Gasteiger partial charge < -0.3 is 15.7 Å². The van der Waals surface area contributed by atoms with E-state index in [9.17, 15) is 5.11 Å². The van der Waals surface area contributed by atoms with Crippen LogP contribution in [0, 0.1) is 5.92 Å². The van der Waals surface area contributed by atoms with Gasteiger partial charge in [-0.05, 0) is 38.6 Å². The van der Waals surface area contributed by atoms with E-state index < -0.39 is 0 Å². The zero-order valence-electron chi connectivity index (χ0n) is 11.1. The Kier molecular flexibility index (Phi) is 4.83. The minimum atomic E-state index is -0.117. The van der Waals surface area contributed by atoms with Crippen molar-refractivity contribution >= 4 is 0 Å². The summed E-state index contributed by atoms with van der Waals surface area (Å²) >= 11 is 0. The van der Waals surface area contributed by atoms with Gasteiger partial charge in [0.15, 0.2) is 0 Å². The third-order valence-electron chi connectivity index (χ3n) is 4.75. The van der Waals surface area contributed by atoms with Crippen molar-refractivity contribution in [2.24, 2.45) is 11.7 Å². The number of aliphatic hydroxyl groups excluding tert-OH is 1. The smallest absolute Gasteiger partial charge is 0.0695 e. The lowest BCUT2D eigenvalue weighted by molar-refractivity contribution is 0.0215. The molecule has 4 unspecified atom stereocenters. The Morgan fingerprint density at radius 2 is 1.71 bits per heavy atom. The maximum absolute atomic E-state index is 10.1. The van der Waals surface area contributed by atoms with Gasteiger partial charge in [0.2, 0.25) is 0 Å². The number of nitrogens with zero attached hydrogens (tertiary/aromatic N) is 1. The van der Waals surface area contributed by atoms with Gasteiger partial charge in [0.05, 0.1) is 6.10 Å². The lowest BCUT2D eigenvalue weighted by Crippen LogP contribution is -2.48. The summed E-state index contributed by atoms with van der Waals surface area (Å²) in [5.74, 6) is 0.642. The summed E-state index contributed by atoms with van der Waals surface area (Å²) in [5, 5.41) is 10.1. The predicted molar refractivity (Wildman–Crippen MR) is 70.8 cm³/mol. The molecule has 2 aliphatic carbocycles. The van der Waals surface area contributed by atoms with Crippen molar-refractivity contribution in [3.63, 3.8) is 0 Å². The number of hydrogen-bond acceptors (Lipinski definition) is 3. The van der Waals surface area contributed by atoms with E-state index in [2.05, 4.69) is 11.9 Å². The van der Waals surface area contributed by atoms with Gasteiger partial charge in [-0.1, -0.05) is 25.7 Å². The van der Waals surface area contributed by atoms with Crippen LogP contribution in [0.3, 0.4) is 0 Å². The molecule has 0 spiro atoms. The SMILES string of the molecule is CN(CC1CCCCC1N)C1CCCCC1O. The first-order valence-corrected chi connectivity index (χ1v) is 7.32. The summed E-state index contributed by atoms with van der Waals surface area (Å²) in [6.45, 7) is 1.07. The number of nitrogens with two attached hydrogens (primary N) is 1. The molecule has 4 atom stereocenters. The maximum atomic E-state index is 10.1. The van der Waals surface area contributed by atoms with Gasteiger partial charge in [-0.2, -0.15) is 0 Å². The van der Waals surface area contributed by atoms with Crippen molar-refractivity contribution in [2.45, 2.75) is 69.6 Å². The van der Waals surface area contributed by atoms with Crippen LogP contribution < -0.4 is 5.73 Å². The Labute approximate surface area is 105 Å². The molecule has 0 aromatic heterocycles. The van der Waals surface area contributed by atoms with Crippen molar-refractivity contribution in [1.82, 2.24) is 4.90 Å². The summed E-state index contributed by atoms with van der Waals surface area (Å²) in [6.07, 6.45) is 9.56. The second-order valence-corrected chi connectivity index (χ2v) is 6.07. The molecular weight excluding hydrogens is 212 g/mol. The van der Waals surface area contributed by atoms with Crippen LogP contribution in [0.4, 0.5) is 0 Å². The lowest BCUT2D eigenvalue weighted by Gasteiger charge is -2.39. The Morgan fingerprint density at radius 1 is 1.06 bits per heavy atom. The molecule has 0 aromatic rings. The monoisotopic (exact) mass is 240 g/mol. The standard InChI is InChI=1S/C14H28N2O/c1-16(13-8-4-5-9-14(13)17)10-11-6-2-3-7-12(11)15/h11-14,17H,2-10,15H2,1H3. The summed E-state index contributed by atoms with van der Waals surface area (Å²) in [4.78, 5) is 2.37. The van der Waals surface area contributed by atoms with Crippen molar-refractivity contribution in [1.29, 1.82) is 0 Å². The van der Waals surface area contributed by atoms with E-state index in [-0.39, 0.29) is 6.10 Å². The fraction of sp³-hybridized carbons (Fsp3) is 1.00. The third-order valence-corrected chi connectivity index (χ3v) is 4.75. The molecule has 2 rings (SSSR count). The highest BCUT2D eigenvalue weighted by Crippen LogP contribution is 2.27. The van der Waals surface area contributed by atoms with Crippen molar-refractivity contribution in [2.75, 3.05) is 13.6 Å². The van der Waals surface area contributed by atoms with Gasteiger partial charge in [0, 0.05) is 18.6 Å². The normalized spacial score (nSPS) is 39.5. The Hall–Kier alpha value is -0.120. The minimum Gasteiger partial charge on any atom is -0.391 e. The summed E-state index contributed by atoms with van der Waals surface area (Å²) < 4.78 is 0. The largest absolute Gasteiger partial charge is 0.391 e. The fourth-order valence-electron chi connectivity index (χ4n) is 3.57. The Morgan fingerprint density at radius 3 is 2.41 bits per heavy atom. The highest BCUT2D eigenvalue weighted by atomic mass is 16.3. The van der Waals surface area contributed by atoms with E-state index in [1.54, 1.807) is 0 Å². The molecule has 0 heterocycles. The molecule has 3 N–H and O–H groups in total. The quantitative estimate of drug-likeness (QED) is 0.790. The van der Waals surface area contributed by atoms with E-state index in [4.69, 9.17) is 5.73 Å². The number of hydrogen-bond donors (Lipinski definition) is 2. The van der Waals surface area contributed by atoms with Gasteiger partial charge >= 0.3 is 0 Å². The molecule has 3 heteroatoms. The zero-order chi connectivity index (χ0) is 12.3. The first-order valence-electron chi connectivity index (χ1n) is 7.32. The van der Waals surface area contributed by atoms with Gasteiger partial charge in [0.1, 0.15) is 0 Å². The molecule has 17 heavy (non-hydrogen) atoms. The van der Waals surface area contributed by atoms with Gasteiger partial charge in [0.25, 0.3) is 0 Å². The first-order chi connectivity index (χ1) is 8.18. The number of aliphatic hydroxyl groups is 1. The van der Waals surface area contributed by atoms with Crippen LogP contribution in [-0.2, 0) is 0 Å². The van der Waals surface area contributed by atoms with Gasteiger partial charge in [-0.25, -0.2) is 0 Å². The van der Waals surface area contributed by atoms with E-state index in [0.717, 1.165) is 19.4 Å². The van der Waals surface area contributed by atoms with Crippen LogP contribution in [0.1, 0.15) is 51.4 Å². The molecule has 3 nitrogen and oxygen atoms in total.